The molecule has 202 valence electrons. The quantitative estimate of drug-likeness (QED) is 0.160. The van der Waals surface area contributed by atoms with Crippen molar-refractivity contribution in [1.29, 1.82) is 10.8 Å². The average Bonchev–Trinajstić information content (AvgIpc) is 2.90. The van der Waals surface area contributed by atoms with Crippen LogP contribution in [0.1, 0.15) is 52.7 Å². The van der Waals surface area contributed by atoms with E-state index in [9.17, 15) is 14.7 Å². The van der Waals surface area contributed by atoms with Crippen molar-refractivity contribution in [2.24, 2.45) is 22.9 Å². The minimum absolute atomic E-state index is 0.0533. The van der Waals surface area contributed by atoms with E-state index in [1.54, 1.807) is 48.5 Å². The first-order chi connectivity index (χ1) is 18.5. The van der Waals surface area contributed by atoms with E-state index in [2.05, 4.69) is 0 Å². The SMILES string of the molecule is N=C(N)c1ccc(Oc2cc(C(N)=O)cc(Oc3ccc(C(=N)N)cc3)c2C2(C(=O)O)CCC(N)CC2)cc1. The second-order valence-electron chi connectivity index (χ2n) is 9.52. The van der Waals surface area contributed by atoms with Gasteiger partial charge in [-0.15, -0.1) is 0 Å². The number of primary amides is 1. The van der Waals surface area contributed by atoms with Gasteiger partial charge in [-0.25, -0.2) is 0 Å². The maximum atomic E-state index is 12.9. The van der Waals surface area contributed by atoms with Gasteiger partial charge in [-0.2, -0.15) is 0 Å². The molecule has 0 radical (unpaired) electrons. The molecule has 0 heterocycles. The first kappa shape index (κ1) is 27.1. The van der Waals surface area contributed by atoms with Gasteiger partial charge in [-0.05, 0) is 86.3 Å². The van der Waals surface area contributed by atoms with Crippen molar-refractivity contribution in [3.05, 3.63) is 82.9 Å². The first-order valence-corrected chi connectivity index (χ1v) is 12.2. The van der Waals surface area contributed by atoms with Gasteiger partial charge in [-0.3, -0.25) is 20.4 Å². The standard InChI is InChI=1S/C28H30N6O5/c29-18-9-11-28(12-10-18,27(36)37)23-21(38-19-5-1-15(2-6-19)24(30)31)13-17(26(34)35)14-22(23)39-20-7-3-16(4-8-20)25(32)33/h1-8,13-14,18H,9-12,29H2,(H3,30,31)(H3,32,33)(H2,34,35)(H,36,37). The normalized spacial score (nSPS) is 18.6. The monoisotopic (exact) mass is 530 g/mol. The van der Waals surface area contributed by atoms with Crippen LogP contribution in [0.5, 0.6) is 23.0 Å². The third-order valence-corrected chi connectivity index (χ3v) is 6.91. The fourth-order valence-electron chi connectivity index (χ4n) is 4.73. The molecule has 0 bridgehead atoms. The van der Waals surface area contributed by atoms with Gasteiger partial charge in [0.1, 0.15) is 40.1 Å². The van der Waals surface area contributed by atoms with E-state index in [0.29, 0.717) is 35.5 Å². The number of hydrogen-bond donors (Lipinski definition) is 7. The second kappa shape index (κ2) is 10.8. The largest absolute Gasteiger partial charge is 0.481 e. The molecule has 3 aromatic rings. The Morgan fingerprint density at radius 3 is 1.51 bits per heavy atom. The van der Waals surface area contributed by atoms with Crippen molar-refractivity contribution in [1.82, 2.24) is 0 Å². The molecule has 1 aliphatic carbocycles. The zero-order valence-corrected chi connectivity index (χ0v) is 21.1. The number of nitrogen functional groups attached to an aromatic ring is 2. The van der Waals surface area contributed by atoms with Crippen molar-refractivity contribution in [2.75, 3.05) is 0 Å². The zero-order chi connectivity index (χ0) is 28.3. The van der Waals surface area contributed by atoms with Crippen LogP contribution in [0.25, 0.3) is 0 Å². The van der Waals surface area contributed by atoms with Crippen molar-refractivity contribution < 1.29 is 24.2 Å². The number of hydrogen-bond acceptors (Lipinski definition) is 7. The molecule has 0 saturated heterocycles. The van der Waals surface area contributed by atoms with Gasteiger partial charge in [-0.1, -0.05) is 0 Å². The molecular weight excluding hydrogens is 500 g/mol. The summed E-state index contributed by atoms with van der Waals surface area (Å²) in [6.07, 6.45) is 1.37. The van der Waals surface area contributed by atoms with E-state index in [1.807, 2.05) is 0 Å². The molecule has 1 aliphatic rings. The number of amidine groups is 2. The van der Waals surface area contributed by atoms with Crippen LogP contribution in [-0.4, -0.2) is 34.7 Å². The molecule has 11 N–H and O–H groups in total. The number of nitrogens with one attached hydrogen (secondary N) is 2. The molecule has 11 heteroatoms. The van der Waals surface area contributed by atoms with E-state index in [1.165, 1.54) is 12.1 Å². The van der Waals surface area contributed by atoms with Gasteiger partial charge in [0.05, 0.1) is 5.56 Å². The van der Waals surface area contributed by atoms with E-state index in [4.69, 9.17) is 43.2 Å². The highest BCUT2D eigenvalue weighted by Gasteiger charge is 2.47. The van der Waals surface area contributed by atoms with Crippen LogP contribution < -0.4 is 32.4 Å². The van der Waals surface area contributed by atoms with Crippen LogP contribution in [0.3, 0.4) is 0 Å². The number of carbonyl (C=O) groups is 2. The van der Waals surface area contributed by atoms with Crippen molar-refractivity contribution >= 4 is 23.5 Å². The fraction of sp³-hybridized carbons (Fsp3) is 0.214. The maximum Gasteiger partial charge on any atom is 0.314 e. The lowest BCUT2D eigenvalue weighted by Gasteiger charge is -2.38. The average molecular weight is 531 g/mol. The molecule has 1 saturated carbocycles. The van der Waals surface area contributed by atoms with Gasteiger partial charge in [0, 0.05) is 22.7 Å². The smallest absolute Gasteiger partial charge is 0.314 e. The van der Waals surface area contributed by atoms with Gasteiger partial charge in [0.2, 0.25) is 5.91 Å². The fourth-order valence-corrected chi connectivity index (χ4v) is 4.73. The summed E-state index contributed by atoms with van der Waals surface area (Å²) in [6, 6.07) is 15.4. The van der Waals surface area contributed by atoms with E-state index in [-0.39, 0.29) is 53.2 Å². The first-order valence-electron chi connectivity index (χ1n) is 12.2. The summed E-state index contributed by atoms with van der Waals surface area (Å²) in [5.41, 5.74) is 22.7. The van der Waals surface area contributed by atoms with Gasteiger partial charge in [0.25, 0.3) is 0 Å². The number of nitrogens with two attached hydrogens (primary N) is 4. The van der Waals surface area contributed by atoms with Crippen molar-refractivity contribution in [3.63, 3.8) is 0 Å². The summed E-state index contributed by atoms with van der Waals surface area (Å²) >= 11 is 0. The summed E-state index contributed by atoms with van der Waals surface area (Å²) in [4.78, 5) is 25.2. The number of carboxylic acid groups (broad SMARTS) is 1. The number of rotatable bonds is 9. The zero-order valence-electron chi connectivity index (χ0n) is 21.1. The third-order valence-electron chi connectivity index (χ3n) is 6.91. The van der Waals surface area contributed by atoms with Gasteiger partial charge in [0.15, 0.2) is 0 Å². The molecule has 0 spiro atoms. The summed E-state index contributed by atoms with van der Waals surface area (Å²) < 4.78 is 12.4. The van der Waals surface area contributed by atoms with Crippen LogP contribution in [0, 0.1) is 10.8 Å². The number of ether oxygens (including phenoxy) is 2. The Kier molecular flexibility index (Phi) is 7.54. The van der Waals surface area contributed by atoms with E-state index >= 15 is 0 Å². The summed E-state index contributed by atoms with van der Waals surface area (Å²) in [6.45, 7) is 0. The van der Waals surface area contributed by atoms with E-state index < -0.39 is 17.3 Å². The number of amides is 1. The Bertz CT molecular complexity index is 1350. The Morgan fingerprint density at radius 1 is 0.769 bits per heavy atom. The topological polar surface area (TPSA) is 225 Å². The molecule has 0 atom stereocenters. The Balaban J connectivity index is 1.91. The highest BCUT2D eigenvalue weighted by atomic mass is 16.5. The Hall–Kier alpha value is -4.90. The van der Waals surface area contributed by atoms with Crippen LogP contribution in [-0.2, 0) is 10.2 Å². The van der Waals surface area contributed by atoms with E-state index in [0.717, 1.165) is 0 Å². The molecule has 11 nitrogen and oxygen atoms in total. The molecule has 4 rings (SSSR count). The van der Waals surface area contributed by atoms with Crippen molar-refractivity contribution in [3.8, 4) is 23.0 Å². The Morgan fingerprint density at radius 2 is 1.18 bits per heavy atom. The number of benzene rings is 3. The molecule has 0 unspecified atom stereocenters. The number of carbonyl (C=O) groups excluding carboxylic acids is 1. The van der Waals surface area contributed by atoms with Crippen LogP contribution in [0.4, 0.5) is 0 Å². The summed E-state index contributed by atoms with van der Waals surface area (Å²) in [5, 5.41) is 25.8. The summed E-state index contributed by atoms with van der Waals surface area (Å²) in [7, 11) is 0. The highest BCUT2D eigenvalue weighted by molar-refractivity contribution is 5.96. The lowest BCUT2D eigenvalue weighted by molar-refractivity contribution is -0.145. The van der Waals surface area contributed by atoms with Crippen LogP contribution in [0.2, 0.25) is 0 Å². The molecule has 0 aliphatic heterocycles. The van der Waals surface area contributed by atoms with Crippen molar-refractivity contribution in [2.45, 2.75) is 37.1 Å². The third kappa shape index (κ3) is 5.68. The minimum atomic E-state index is -1.42. The molecule has 0 aromatic heterocycles. The van der Waals surface area contributed by atoms with Gasteiger partial charge < -0.3 is 37.5 Å². The molecule has 39 heavy (non-hydrogen) atoms. The van der Waals surface area contributed by atoms with Crippen LogP contribution >= 0.6 is 0 Å². The lowest BCUT2D eigenvalue weighted by Crippen LogP contribution is -2.43. The van der Waals surface area contributed by atoms with Crippen LogP contribution in [0.15, 0.2) is 60.7 Å². The maximum absolute atomic E-state index is 12.9. The minimum Gasteiger partial charge on any atom is -0.481 e. The summed E-state index contributed by atoms with van der Waals surface area (Å²) in [5.74, 6) is -1.23. The number of carboxylic acids is 1. The van der Waals surface area contributed by atoms with Gasteiger partial charge >= 0.3 is 5.97 Å². The molecule has 1 amide bonds. The molecule has 1 fully saturated rings. The predicted octanol–water partition coefficient (Wildman–Crippen LogP) is 3.16. The predicted molar refractivity (Wildman–Crippen MR) is 146 cm³/mol. The highest BCUT2D eigenvalue weighted by Crippen LogP contribution is 2.50. The molecular formula is C28H30N6O5. The lowest BCUT2D eigenvalue weighted by atomic mass is 9.67. The second-order valence-corrected chi connectivity index (χ2v) is 9.52. The Labute approximate surface area is 224 Å². The number of aliphatic carboxylic acids is 1. The molecule has 3 aromatic carbocycles.